The Morgan fingerprint density at radius 2 is 2.10 bits per heavy atom. The van der Waals surface area contributed by atoms with Crippen LogP contribution in [0.1, 0.15) is 15.9 Å². The van der Waals surface area contributed by atoms with Crippen LogP contribution in [0.3, 0.4) is 0 Å². The van der Waals surface area contributed by atoms with Gasteiger partial charge in [0, 0.05) is 18.4 Å². The summed E-state index contributed by atoms with van der Waals surface area (Å²) in [5, 5.41) is 4.81. The number of nitrogens with two attached hydrogens (primary N) is 1. The number of primary amides is 1. The Balaban J connectivity index is 1.83. The number of fused-ring (bicyclic) bond motifs is 1. The lowest BCUT2D eigenvalue weighted by atomic mass is 10.1. The van der Waals surface area contributed by atoms with Gasteiger partial charge in [-0.25, -0.2) is 0 Å². The summed E-state index contributed by atoms with van der Waals surface area (Å²) in [7, 11) is 0. The van der Waals surface area contributed by atoms with Gasteiger partial charge >= 0.3 is 0 Å². The maximum absolute atomic E-state index is 11.3. The van der Waals surface area contributed by atoms with Crippen LogP contribution in [0.2, 0.25) is 5.02 Å². The van der Waals surface area contributed by atoms with Crippen LogP contribution in [0.15, 0.2) is 48.7 Å². The zero-order valence-electron chi connectivity index (χ0n) is 11.2. The van der Waals surface area contributed by atoms with Crippen molar-refractivity contribution in [2.24, 2.45) is 5.73 Å². The number of benzene rings is 2. The quantitative estimate of drug-likeness (QED) is 0.689. The van der Waals surface area contributed by atoms with Crippen molar-refractivity contribution in [1.29, 1.82) is 0 Å². The first-order valence-corrected chi connectivity index (χ1v) is 6.91. The van der Waals surface area contributed by atoms with Crippen molar-refractivity contribution in [3.05, 3.63) is 64.8 Å². The summed E-state index contributed by atoms with van der Waals surface area (Å²) in [6, 6.07) is 13.3. The highest BCUT2D eigenvalue weighted by Crippen LogP contribution is 2.22. The second-order valence-electron chi connectivity index (χ2n) is 4.77. The number of rotatable bonds is 4. The van der Waals surface area contributed by atoms with Crippen molar-refractivity contribution in [1.82, 2.24) is 4.98 Å². The lowest BCUT2D eigenvalue weighted by Gasteiger charge is -2.09. The molecule has 1 amide bonds. The van der Waals surface area contributed by atoms with Gasteiger partial charge in [-0.3, -0.25) is 4.79 Å². The molecule has 0 aliphatic carbocycles. The van der Waals surface area contributed by atoms with Gasteiger partial charge in [-0.2, -0.15) is 0 Å². The third-order valence-electron chi connectivity index (χ3n) is 3.39. The Labute approximate surface area is 126 Å². The molecule has 0 spiro atoms. The number of carbonyl (C=O) groups is 1. The minimum Gasteiger partial charge on any atom is -0.381 e. The second kappa shape index (κ2) is 5.50. The largest absolute Gasteiger partial charge is 0.381 e. The number of aromatic amines is 1. The molecule has 0 aliphatic rings. The molecule has 3 rings (SSSR count). The van der Waals surface area contributed by atoms with E-state index in [1.54, 1.807) is 12.1 Å². The number of hydrogen-bond donors (Lipinski definition) is 3. The van der Waals surface area contributed by atoms with E-state index in [9.17, 15) is 4.79 Å². The lowest BCUT2D eigenvalue weighted by molar-refractivity contribution is 0.100. The van der Waals surface area contributed by atoms with E-state index < -0.39 is 5.91 Å². The molecule has 4 nitrogen and oxygen atoms in total. The van der Waals surface area contributed by atoms with E-state index in [0.29, 0.717) is 17.1 Å². The van der Waals surface area contributed by atoms with Gasteiger partial charge < -0.3 is 16.0 Å². The monoisotopic (exact) mass is 299 g/mol. The van der Waals surface area contributed by atoms with E-state index in [2.05, 4.69) is 22.4 Å². The molecule has 0 saturated heterocycles. The first-order valence-electron chi connectivity index (χ1n) is 6.53. The van der Waals surface area contributed by atoms with Gasteiger partial charge in [0.05, 0.1) is 16.1 Å². The van der Waals surface area contributed by atoms with Crippen LogP contribution in [0.5, 0.6) is 0 Å². The smallest absolute Gasteiger partial charge is 0.250 e. The fourth-order valence-corrected chi connectivity index (χ4v) is 2.53. The van der Waals surface area contributed by atoms with E-state index in [-0.39, 0.29) is 0 Å². The molecule has 0 radical (unpaired) electrons. The average molecular weight is 300 g/mol. The Hall–Kier alpha value is -2.46. The third kappa shape index (κ3) is 2.71. The standard InChI is InChI=1S/C16H14ClN3O/c17-14-5-4-12(8-13(14)16(18)21)20-9-11-3-1-2-10-6-7-19-15(10)11/h1-8,19-20H,9H2,(H2,18,21). The van der Waals surface area contributed by atoms with Crippen LogP contribution < -0.4 is 11.1 Å². The Morgan fingerprint density at radius 1 is 1.24 bits per heavy atom. The molecule has 1 heterocycles. The molecule has 0 saturated carbocycles. The molecule has 0 bridgehead atoms. The predicted octanol–water partition coefficient (Wildman–Crippen LogP) is 3.53. The number of anilines is 1. The molecule has 0 atom stereocenters. The zero-order chi connectivity index (χ0) is 14.8. The number of para-hydroxylation sites is 1. The predicted molar refractivity (Wildman–Crippen MR) is 85.6 cm³/mol. The molecule has 0 aliphatic heterocycles. The lowest BCUT2D eigenvalue weighted by Crippen LogP contribution is -2.12. The van der Waals surface area contributed by atoms with E-state index in [0.717, 1.165) is 16.8 Å². The Morgan fingerprint density at radius 3 is 2.90 bits per heavy atom. The number of halogens is 1. The fourth-order valence-electron chi connectivity index (χ4n) is 2.32. The highest BCUT2D eigenvalue weighted by molar-refractivity contribution is 6.33. The Kier molecular flexibility index (Phi) is 3.54. The van der Waals surface area contributed by atoms with Crippen LogP contribution >= 0.6 is 11.6 Å². The molecule has 3 aromatic rings. The molecule has 1 aromatic heterocycles. The minimum atomic E-state index is -0.532. The van der Waals surface area contributed by atoms with Crippen LogP contribution in [0.4, 0.5) is 5.69 Å². The highest BCUT2D eigenvalue weighted by Gasteiger charge is 2.08. The fraction of sp³-hybridized carbons (Fsp3) is 0.0625. The minimum absolute atomic E-state index is 0.319. The zero-order valence-corrected chi connectivity index (χ0v) is 11.9. The summed E-state index contributed by atoms with van der Waals surface area (Å²) in [6.45, 7) is 0.637. The van der Waals surface area contributed by atoms with Crippen LogP contribution in [0, 0.1) is 0 Å². The second-order valence-corrected chi connectivity index (χ2v) is 5.18. The maximum atomic E-state index is 11.3. The number of carbonyl (C=O) groups excluding carboxylic acids is 1. The summed E-state index contributed by atoms with van der Waals surface area (Å²) < 4.78 is 0. The SMILES string of the molecule is NC(=O)c1cc(NCc2cccc3cc[nH]c23)ccc1Cl. The summed E-state index contributed by atoms with van der Waals surface area (Å²) in [5.41, 5.74) is 8.67. The van der Waals surface area contributed by atoms with Crippen molar-refractivity contribution in [2.75, 3.05) is 5.32 Å². The first kappa shape index (κ1) is 13.5. The normalized spacial score (nSPS) is 10.7. The number of nitrogens with one attached hydrogen (secondary N) is 2. The van der Waals surface area contributed by atoms with Gasteiger partial charge in [-0.1, -0.05) is 29.8 Å². The molecular formula is C16H14ClN3O. The van der Waals surface area contributed by atoms with Crippen molar-refractivity contribution in [3.8, 4) is 0 Å². The molecule has 4 N–H and O–H groups in total. The van der Waals surface area contributed by atoms with Crippen LogP contribution in [0.25, 0.3) is 10.9 Å². The summed E-state index contributed by atoms with van der Waals surface area (Å²) in [5.74, 6) is -0.532. The summed E-state index contributed by atoms with van der Waals surface area (Å²) in [6.07, 6.45) is 1.92. The number of aromatic nitrogens is 1. The van der Waals surface area contributed by atoms with Crippen LogP contribution in [-0.2, 0) is 6.54 Å². The van der Waals surface area contributed by atoms with Gasteiger partial charge in [-0.15, -0.1) is 0 Å². The first-order chi connectivity index (χ1) is 10.1. The third-order valence-corrected chi connectivity index (χ3v) is 3.72. The molecule has 0 fully saturated rings. The van der Waals surface area contributed by atoms with Gasteiger partial charge in [0.25, 0.3) is 0 Å². The van der Waals surface area contributed by atoms with Crippen molar-refractivity contribution >= 4 is 34.1 Å². The maximum Gasteiger partial charge on any atom is 0.250 e. The molecular weight excluding hydrogens is 286 g/mol. The van der Waals surface area contributed by atoms with Gasteiger partial charge in [0.15, 0.2) is 0 Å². The molecule has 106 valence electrons. The van der Waals surface area contributed by atoms with Crippen molar-refractivity contribution in [2.45, 2.75) is 6.54 Å². The topological polar surface area (TPSA) is 70.9 Å². The van der Waals surface area contributed by atoms with Crippen molar-refractivity contribution < 1.29 is 4.79 Å². The number of amides is 1. The highest BCUT2D eigenvalue weighted by atomic mass is 35.5. The molecule has 21 heavy (non-hydrogen) atoms. The molecule has 2 aromatic carbocycles. The molecule has 5 heteroatoms. The van der Waals surface area contributed by atoms with E-state index in [1.165, 1.54) is 5.39 Å². The van der Waals surface area contributed by atoms with Crippen LogP contribution in [-0.4, -0.2) is 10.9 Å². The average Bonchev–Trinajstić information content (AvgIpc) is 2.95. The van der Waals surface area contributed by atoms with Gasteiger partial charge in [0.1, 0.15) is 0 Å². The van der Waals surface area contributed by atoms with E-state index in [1.807, 2.05) is 24.4 Å². The molecule has 0 unspecified atom stereocenters. The number of H-pyrrole nitrogens is 1. The number of hydrogen-bond acceptors (Lipinski definition) is 2. The summed E-state index contributed by atoms with van der Waals surface area (Å²) in [4.78, 5) is 14.5. The Bertz CT molecular complexity index is 810. The summed E-state index contributed by atoms with van der Waals surface area (Å²) >= 11 is 5.94. The van der Waals surface area contributed by atoms with Crippen molar-refractivity contribution in [3.63, 3.8) is 0 Å². The van der Waals surface area contributed by atoms with E-state index >= 15 is 0 Å². The van der Waals surface area contributed by atoms with Gasteiger partial charge in [0.2, 0.25) is 5.91 Å². The van der Waals surface area contributed by atoms with Gasteiger partial charge in [-0.05, 0) is 35.2 Å². The van der Waals surface area contributed by atoms with E-state index in [4.69, 9.17) is 17.3 Å².